The van der Waals surface area contributed by atoms with Gasteiger partial charge < -0.3 is 14.3 Å². The van der Waals surface area contributed by atoms with Crippen molar-refractivity contribution in [3.05, 3.63) is 61.3 Å². The molecule has 0 unspecified atom stereocenters. The molecule has 1 radical (unpaired) electrons. The van der Waals surface area contributed by atoms with Crippen LogP contribution in [0, 0.1) is 6.92 Å². The van der Waals surface area contributed by atoms with E-state index < -0.39 is 0 Å². The Kier molecular flexibility index (Phi) is 3.36. The Bertz CT molecular complexity index is 743. The van der Waals surface area contributed by atoms with Crippen LogP contribution in [0.15, 0.2) is 52.9 Å². The quantitative estimate of drug-likeness (QED) is 0.790. The number of nitrogens with zero attached hydrogens (tertiary/aromatic N) is 1. The monoisotopic (exact) mass is 280 g/mol. The fraction of sp³-hybridized carbons (Fsp3) is 0.0588. The number of methoxy groups -OCH3 is 1. The van der Waals surface area contributed by atoms with Crippen molar-refractivity contribution in [3.63, 3.8) is 0 Å². The van der Waals surface area contributed by atoms with Crippen LogP contribution in [0.4, 0.5) is 0 Å². The van der Waals surface area contributed by atoms with E-state index in [1.165, 1.54) is 0 Å². The van der Waals surface area contributed by atoms with Crippen molar-refractivity contribution in [2.75, 3.05) is 7.11 Å². The normalized spacial score (nSPS) is 10.6. The lowest BCUT2D eigenvalue weighted by molar-refractivity contribution is 0.415. The number of rotatable bonds is 3. The molecule has 0 aliphatic heterocycles. The van der Waals surface area contributed by atoms with Crippen LogP contribution in [-0.2, 0) is 0 Å². The van der Waals surface area contributed by atoms with Gasteiger partial charge in [0.2, 0.25) is 0 Å². The second kappa shape index (κ2) is 5.32. The maximum absolute atomic E-state index is 9.38. The average Bonchev–Trinajstić information content (AvgIpc) is 2.90. The molecule has 0 aliphatic rings. The summed E-state index contributed by atoms with van der Waals surface area (Å²) in [5.74, 6) is 1.97. The number of benzene rings is 2. The summed E-state index contributed by atoms with van der Waals surface area (Å²) in [5.41, 5.74) is 2.46. The molecule has 21 heavy (non-hydrogen) atoms. The summed E-state index contributed by atoms with van der Waals surface area (Å²) in [4.78, 5) is 4.35. The lowest BCUT2D eigenvalue weighted by Gasteiger charge is -2.03. The van der Waals surface area contributed by atoms with Gasteiger partial charge >= 0.3 is 0 Å². The summed E-state index contributed by atoms with van der Waals surface area (Å²) in [7, 11) is 1.63. The molecule has 4 nitrogen and oxygen atoms in total. The van der Waals surface area contributed by atoms with Gasteiger partial charge in [0.1, 0.15) is 17.2 Å². The van der Waals surface area contributed by atoms with Crippen LogP contribution in [0.1, 0.15) is 5.89 Å². The Morgan fingerprint density at radius 3 is 2.24 bits per heavy atom. The van der Waals surface area contributed by atoms with Crippen molar-refractivity contribution >= 4 is 0 Å². The first kappa shape index (κ1) is 13.2. The number of aromatic hydroxyl groups is 1. The van der Waals surface area contributed by atoms with Crippen LogP contribution in [0.2, 0.25) is 0 Å². The Morgan fingerprint density at radius 2 is 1.62 bits per heavy atom. The Balaban J connectivity index is 2.08. The zero-order valence-corrected chi connectivity index (χ0v) is 11.5. The summed E-state index contributed by atoms with van der Waals surface area (Å²) in [6, 6.07) is 14.3. The van der Waals surface area contributed by atoms with Crippen molar-refractivity contribution in [2.24, 2.45) is 0 Å². The standard InChI is InChI=1S/C17H14NO3/c1-11-18-16(12-5-9-15(20-2)10-6-12)17(21-11)13-3-7-14(19)8-4-13/h3-10,19H,1H2,2H3. The van der Waals surface area contributed by atoms with Gasteiger partial charge in [-0.2, -0.15) is 0 Å². The van der Waals surface area contributed by atoms with E-state index in [0.29, 0.717) is 17.3 Å². The van der Waals surface area contributed by atoms with Crippen LogP contribution in [0.25, 0.3) is 22.6 Å². The highest BCUT2D eigenvalue weighted by Crippen LogP contribution is 2.33. The minimum absolute atomic E-state index is 0.208. The first-order valence-corrected chi connectivity index (χ1v) is 6.44. The largest absolute Gasteiger partial charge is 0.508 e. The molecular formula is C17H14NO3. The van der Waals surface area contributed by atoms with Gasteiger partial charge in [0, 0.05) is 18.1 Å². The average molecular weight is 280 g/mol. The minimum atomic E-state index is 0.208. The topological polar surface area (TPSA) is 55.5 Å². The third-order valence-electron chi connectivity index (χ3n) is 3.16. The van der Waals surface area contributed by atoms with Gasteiger partial charge in [-0.3, -0.25) is 0 Å². The summed E-state index contributed by atoms with van der Waals surface area (Å²) < 4.78 is 10.8. The van der Waals surface area contributed by atoms with Crippen LogP contribution >= 0.6 is 0 Å². The predicted octanol–water partition coefficient (Wildman–Crippen LogP) is 3.90. The molecular weight excluding hydrogens is 266 g/mol. The van der Waals surface area contributed by atoms with E-state index in [-0.39, 0.29) is 5.75 Å². The molecule has 3 rings (SSSR count). The Labute approximate surface area is 122 Å². The second-order valence-electron chi connectivity index (χ2n) is 4.56. The number of hydrogen-bond donors (Lipinski definition) is 1. The van der Waals surface area contributed by atoms with E-state index in [9.17, 15) is 5.11 Å². The van der Waals surface area contributed by atoms with Crippen LogP contribution in [0.3, 0.4) is 0 Å². The maximum Gasteiger partial charge on any atom is 0.196 e. The summed E-state index contributed by atoms with van der Waals surface area (Å²) in [6.45, 7) is 3.75. The molecule has 0 bridgehead atoms. The third kappa shape index (κ3) is 2.60. The van der Waals surface area contributed by atoms with E-state index in [2.05, 4.69) is 11.9 Å². The van der Waals surface area contributed by atoms with Crippen molar-refractivity contribution in [2.45, 2.75) is 0 Å². The van der Waals surface area contributed by atoms with E-state index in [1.54, 1.807) is 31.4 Å². The maximum atomic E-state index is 9.38. The van der Waals surface area contributed by atoms with Gasteiger partial charge in [0.15, 0.2) is 11.7 Å². The van der Waals surface area contributed by atoms with Gasteiger partial charge in [0.25, 0.3) is 0 Å². The zero-order chi connectivity index (χ0) is 14.8. The predicted molar refractivity (Wildman–Crippen MR) is 80.1 cm³/mol. The summed E-state index contributed by atoms with van der Waals surface area (Å²) in [5, 5.41) is 9.38. The summed E-state index contributed by atoms with van der Waals surface area (Å²) in [6.07, 6.45) is 0. The lowest BCUT2D eigenvalue weighted by atomic mass is 10.1. The number of oxazole rings is 1. The number of phenols is 1. The first-order chi connectivity index (χ1) is 10.2. The zero-order valence-electron chi connectivity index (χ0n) is 11.5. The fourth-order valence-electron chi connectivity index (χ4n) is 2.12. The number of ether oxygens (including phenoxy) is 1. The second-order valence-corrected chi connectivity index (χ2v) is 4.56. The molecule has 0 spiro atoms. The Hall–Kier alpha value is -2.75. The first-order valence-electron chi connectivity index (χ1n) is 6.44. The molecule has 0 amide bonds. The molecule has 0 atom stereocenters. The van der Waals surface area contributed by atoms with Gasteiger partial charge in [-0.25, -0.2) is 4.98 Å². The minimum Gasteiger partial charge on any atom is -0.508 e. The molecule has 0 aliphatic carbocycles. The Morgan fingerprint density at radius 1 is 1.00 bits per heavy atom. The SMILES string of the molecule is [CH2]c1nc(-c2ccc(OC)cc2)c(-c2ccc(O)cc2)o1. The lowest BCUT2D eigenvalue weighted by Crippen LogP contribution is -1.85. The third-order valence-corrected chi connectivity index (χ3v) is 3.16. The van der Waals surface area contributed by atoms with Crippen molar-refractivity contribution in [3.8, 4) is 34.1 Å². The number of aromatic nitrogens is 1. The van der Waals surface area contributed by atoms with E-state index in [4.69, 9.17) is 9.15 Å². The molecule has 1 N–H and O–H groups in total. The molecule has 0 saturated carbocycles. The molecule has 2 aromatic carbocycles. The van der Waals surface area contributed by atoms with Gasteiger partial charge in [-0.05, 0) is 48.5 Å². The van der Waals surface area contributed by atoms with E-state index in [0.717, 1.165) is 16.9 Å². The van der Waals surface area contributed by atoms with Gasteiger partial charge in [0.05, 0.1) is 7.11 Å². The fourth-order valence-corrected chi connectivity index (χ4v) is 2.12. The molecule has 4 heteroatoms. The number of phenolic OH excluding ortho intramolecular Hbond substituents is 1. The highest BCUT2D eigenvalue weighted by atomic mass is 16.5. The highest BCUT2D eigenvalue weighted by molar-refractivity contribution is 5.77. The highest BCUT2D eigenvalue weighted by Gasteiger charge is 2.15. The van der Waals surface area contributed by atoms with E-state index in [1.807, 2.05) is 24.3 Å². The molecule has 0 saturated heterocycles. The van der Waals surface area contributed by atoms with Crippen molar-refractivity contribution < 1.29 is 14.3 Å². The molecule has 1 heterocycles. The van der Waals surface area contributed by atoms with Crippen molar-refractivity contribution in [1.82, 2.24) is 4.98 Å². The smallest absolute Gasteiger partial charge is 0.196 e. The summed E-state index contributed by atoms with van der Waals surface area (Å²) >= 11 is 0. The molecule has 0 fully saturated rings. The molecule has 105 valence electrons. The van der Waals surface area contributed by atoms with Crippen molar-refractivity contribution in [1.29, 1.82) is 0 Å². The van der Waals surface area contributed by atoms with E-state index >= 15 is 0 Å². The van der Waals surface area contributed by atoms with Gasteiger partial charge in [-0.15, -0.1) is 0 Å². The number of hydrogen-bond acceptors (Lipinski definition) is 4. The molecule has 1 aromatic heterocycles. The van der Waals surface area contributed by atoms with Crippen LogP contribution in [-0.4, -0.2) is 17.2 Å². The van der Waals surface area contributed by atoms with Crippen LogP contribution in [0.5, 0.6) is 11.5 Å². The van der Waals surface area contributed by atoms with Gasteiger partial charge in [-0.1, -0.05) is 0 Å². The van der Waals surface area contributed by atoms with Crippen LogP contribution < -0.4 is 4.74 Å². The molecule has 3 aromatic rings.